The Labute approximate surface area is 85.7 Å². The van der Waals surface area contributed by atoms with Crippen LogP contribution in [0, 0.1) is 6.92 Å². The number of anilines is 2. The molecule has 1 aromatic carbocycles. The van der Waals surface area contributed by atoms with Crippen LogP contribution in [0.2, 0.25) is 0 Å². The minimum atomic E-state index is 0.580. The minimum Gasteiger partial charge on any atom is -0.397 e. The van der Waals surface area contributed by atoms with Crippen LogP contribution in [-0.2, 0) is 0 Å². The van der Waals surface area contributed by atoms with Crippen LogP contribution < -0.4 is 11.5 Å². The number of aryl methyl sites for hydroxylation is 1. The molecule has 3 aromatic rings. The largest absolute Gasteiger partial charge is 0.397 e. The van der Waals surface area contributed by atoms with Crippen molar-refractivity contribution in [1.29, 1.82) is 0 Å². The predicted octanol–water partition coefficient (Wildman–Crippen LogP) is 1.29. The lowest BCUT2D eigenvalue weighted by Crippen LogP contribution is -1.94. The number of H-pyrrole nitrogens is 1. The summed E-state index contributed by atoms with van der Waals surface area (Å²) in [6.07, 6.45) is 0. The van der Waals surface area contributed by atoms with Crippen molar-refractivity contribution in [3.05, 3.63) is 23.9 Å². The molecule has 0 aliphatic carbocycles. The number of hydrogen-bond acceptors (Lipinski definition) is 3. The summed E-state index contributed by atoms with van der Waals surface area (Å²) in [5.41, 5.74) is 16.5. The van der Waals surface area contributed by atoms with E-state index in [0.717, 1.165) is 22.4 Å². The van der Waals surface area contributed by atoms with E-state index >= 15 is 0 Å². The van der Waals surface area contributed by atoms with Gasteiger partial charge in [-0.15, -0.1) is 0 Å². The lowest BCUT2D eigenvalue weighted by Gasteiger charge is -1.98. The SMILES string of the molecule is Cc1cc2[nH]c3cc(N)c(N)cc3n2n1. The van der Waals surface area contributed by atoms with E-state index in [1.54, 1.807) is 0 Å². The average Bonchev–Trinajstić information content (AvgIpc) is 2.64. The summed E-state index contributed by atoms with van der Waals surface area (Å²) in [4.78, 5) is 3.23. The number of hydrogen-bond donors (Lipinski definition) is 3. The second kappa shape index (κ2) is 2.44. The molecule has 0 aliphatic heterocycles. The van der Waals surface area contributed by atoms with E-state index in [1.165, 1.54) is 0 Å². The highest BCUT2D eigenvalue weighted by Gasteiger charge is 2.07. The van der Waals surface area contributed by atoms with E-state index in [0.29, 0.717) is 11.4 Å². The molecule has 5 heteroatoms. The van der Waals surface area contributed by atoms with Crippen molar-refractivity contribution in [2.45, 2.75) is 6.92 Å². The van der Waals surface area contributed by atoms with E-state index < -0.39 is 0 Å². The Morgan fingerprint density at radius 2 is 1.93 bits per heavy atom. The number of rotatable bonds is 0. The quantitative estimate of drug-likeness (QED) is 0.479. The zero-order chi connectivity index (χ0) is 10.6. The molecule has 76 valence electrons. The molecular weight excluding hydrogens is 190 g/mol. The number of nitrogens with one attached hydrogen (secondary N) is 1. The molecule has 0 atom stereocenters. The third kappa shape index (κ3) is 0.999. The summed E-state index contributed by atoms with van der Waals surface area (Å²) in [6.45, 7) is 1.95. The Kier molecular flexibility index (Phi) is 1.33. The second-order valence-corrected chi connectivity index (χ2v) is 3.71. The van der Waals surface area contributed by atoms with Crippen LogP contribution in [0.1, 0.15) is 5.69 Å². The van der Waals surface area contributed by atoms with E-state index in [4.69, 9.17) is 11.5 Å². The molecule has 0 spiro atoms. The average molecular weight is 201 g/mol. The first-order valence-corrected chi connectivity index (χ1v) is 4.68. The maximum Gasteiger partial charge on any atom is 0.134 e. The number of nitrogens with two attached hydrogens (primary N) is 2. The number of benzene rings is 1. The Balaban J connectivity index is 2.52. The highest BCUT2D eigenvalue weighted by Crippen LogP contribution is 2.24. The fourth-order valence-electron chi connectivity index (χ4n) is 1.81. The van der Waals surface area contributed by atoms with Gasteiger partial charge in [-0.05, 0) is 19.1 Å². The van der Waals surface area contributed by atoms with Gasteiger partial charge in [0.05, 0.1) is 28.1 Å². The number of imidazole rings is 1. The fourth-order valence-corrected chi connectivity index (χ4v) is 1.81. The zero-order valence-corrected chi connectivity index (χ0v) is 8.28. The monoisotopic (exact) mass is 201 g/mol. The second-order valence-electron chi connectivity index (χ2n) is 3.71. The molecule has 15 heavy (non-hydrogen) atoms. The van der Waals surface area contributed by atoms with Gasteiger partial charge in [0.1, 0.15) is 5.65 Å². The van der Waals surface area contributed by atoms with Gasteiger partial charge in [-0.2, -0.15) is 5.10 Å². The molecule has 0 saturated heterocycles. The molecule has 5 N–H and O–H groups in total. The lowest BCUT2D eigenvalue weighted by molar-refractivity contribution is 0.974. The van der Waals surface area contributed by atoms with Crippen LogP contribution in [0.4, 0.5) is 11.4 Å². The van der Waals surface area contributed by atoms with E-state index in [9.17, 15) is 0 Å². The first-order valence-electron chi connectivity index (χ1n) is 4.68. The normalized spacial score (nSPS) is 11.5. The molecule has 2 aromatic heterocycles. The van der Waals surface area contributed by atoms with Crippen LogP contribution in [0.25, 0.3) is 16.7 Å². The Morgan fingerprint density at radius 3 is 2.73 bits per heavy atom. The molecule has 5 nitrogen and oxygen atoms in total. The Bertz CT molecular complexity index is 661. The predicted molar refractivity (Wildman–Crippen MR) is 60.6 cm³/mol. The molecule has 0 radical (unpaired) electrons. The lowest BCUT2D eigenvalue weighted by atomic mass is 10.2. The van der Waals surface area contributed by atoms with Gasteiger partial charge in [0, 0.05) is 6.07 Å². The number of aromatic amines is 1. The number of fused-ring (bicyclic) bond motifs is 3. The van der Waals surface area contributed by atoms with E-state index in [1.807, 2.05) is 29.6 Å². The molecule has 0 unspecified atom stereocenters. The molecule has 3 rings (SSSR count). The number of nitrogen functional groups attached to an aromatic ring is 2. The van der Waals surface area contributed by atoms with Crippen molar-refractivity contribution in [2.75, 3.05) is 11.5 Å². The third-order valence-corrected chi connectivity index (χ3v) is 2.52. The van der Waals surface area contributed by atoms with Crippen molar-refractivity contribution >= 4 is 28.1 Å². The summed E-state index contributed by atoms with van der Waals surface area (Å²) < 4.78 is 1.83. The van der Waals surface area contributed by atoms with Crippen molar-refractivity contribution < 1.29 is 0 Å². The van der Waals surface area contributed by atoms with Crippen molar-refractivity contribution in [3.8, 4) is 0 Å². The van der Waals surface area contributed by atoms with E-state index in [2.05, 4.69) is 10.1 Å². The van der Waals surface area contributed by atoms with Gasteiger partial charge in [0.25, 0.3) is 0 Å². The molecule has 0 amide bonds. The van der Waals surface area contributed by atoms with Crippen LogP contribution in [0.5, 0.6) is 0 Å². The van der Waals surface area contributed by atoms with Crippen molar-refractivity contribution in [2.24, 2.45) is 0 Å². The Hall–Kier alpha value is -2.17. The first kappa shape index (κ1) is 8.16. The van der Waals surface area contributed by atoms with Gasteiger partial charge in [-0.25, -0.2) is 4.52 Å². The fraction of sp³-hybridized carbons (Fsp3) is 0.100. The third-order valence-electron chi connectivity index (χ3n) is 2.52. The van der Waals surface area contributed by atoms with Gasteiger partial charge in [-0.1, -0.05) is 0 Å². The maximum atomic E-state index is 5.76. The van der Waals surface area contributed by atoms with Crippen LogP contribution in [0.3, 0.4) is 0 Å². The summed E-state index contributed by atoms with van der Waals surface area (Å²) in [5, 5.41) is 4.36. The van der Waals surface area contributed by atoms with Crippen LogP contribution in [0.15, 0.2) is 18.2 Å². The van der Waals surface area contributed by atoms with Gasteiger partial charge < -0.3 is 16.5 Å². The topological polar surface area (TPSA) is 85.1 Å². The first-order chi connectivity index (χ1) is 7.15. The zero-order valence-electron chi connectivity index (χ0n) is 8.28. The highest BCUT2D eigenvalue weighted by atomic mass is 15.3. The van der Waals surface area contributed by atoms with Gasteiger partial charge in [-0.3, -0.25) is 0 Å². The smallest absolute Gasteiger partial charge is 0.134 e. The molecule has 0 saturated carbocycles. The Morgan fingerprint density at radius 1 is 1.20 bits per heavy atom. The van der Waals surface area contributed by atoms with Crippen LogP contribution >= 0.6 is 0 Å². The molecule has 0 fully saturated rings. The number of aromatic nitrogens is 3. The summed E-state index contributed by atoms with van der Waals surface area (Å²) in [7, 11) is 0. The number of nitrogens with zero attached hydrogens (tertiary/aromatic N) is 2. The van der Waals surface area contributed by atoms with Crippen LogP contribution in [-0.4, -0.2) is 14.6 Å². The highest BCUT2D eigenvalue weighted by molar-refractivity contribution is 5.88. The summed E-state index contributed by atoms with van der Waals surface area (Å²) >= 11 is 0. The van der Waals surface area contributed by atoms with Gasteiger partial charge in [0.2, 0.25) is 0 Å². The summed E-state index contributed by atoms with van der Waals surface area (Å²) in [6, 6.07) is 5.64. The van der Waals surface area contributed by atoms with Crippen molar-refractivity contribution in [3.63, 3.8) is 0 Å². The minimum absolute atomic E-state index is 0.580. The van der Waals surface area contributed by atoms with Crippen molar-refractivity contribution in [1.82, 2.24) is 14.6 Å². The standard InChI is InChI=1S/C10H11N5/c1-5-2-10-13-8-3-6(11)7(12)4-9(8)15(10)14-5/h2-4,13H,11-12H2,1H3. The van der Waals surface area contributed by atoms with Gasteiger partial charge in [0.15, 0.2) is 0 Å². The van der Waals surface area contributed by atoms with E-state index in [-0.39, 0.29) is 0 Å². The molecular formula is C10H11N5. The molecule has 0 bridgehead atoms. The molecule has 0 aliphatic rings. The maximum absolute atomic E-state index is 5.76. The summed E-state index contributed by atoms with van der Waals surface area (Å²) in [5.74, 6) is 0. The molecule has 2 heterocycles. The van der Waals surface area contributed by atoms with Gasteiger partial charge >= 0.3 is 0 Å².